The first-order valence-electron chi connectivity index (χ1n) is 7.29. The van der Waals surface area contributed by atoms with Crippen LogP contribution in [0.15, 0.2) is 54.6 Å². The Kier molecular flexibility index (Phi) is 5.12. The third-order valence-corrected chi connectivity index (χ3v) is 3.59. The molecule has 0 saturated carbocycles. The summed E-state index contributed by atoms with van der Waals surface area (Å²) in [6.07, 6.45) is 0.311. The van der Waals surface area contributed by atoms with Crippen LogP contribution in [0.3, 0.4) is 0 Å². The maximum absolute atomic E-state index is 12.5. The summed E-state index contributed by atoms with van der Waals surface area (Å²) in [6, 6.07) is 17.5. The molecule has 1 atom stereocenters. The summed E-state index contributed by atoms with van der Waals surface area (Å²) in [4.78, 5) is 14.3. The first-order chi connectivity index (χ1) is 10.1. The molecule has 0 aliphatic rings. The summed E-state index contributed by atoms with van der Waals surface area (Å²) in [7, 11) is 0. The highest BCUT2D eigenvalue weighted by Crippen LogP contribution is 2.20. The number of amides is 1. The zero-order valence-electron chi connectivity index (χ0n) is 12.6. The molecule has 0 radical (unpaired) electrons. The van der Waals surface area contributed by atoms with Gasteiger partial charge in [-0.25, -0.2) is 0 Å². The zero-order valence-corrected chi connectivity index (χ0v) is 12.6. The van der Waals surface area contributed by atoms with Crippen LogP contribution in [0.2, 0.25) is 0 Å². The lowest BCUT2D eigenvalue weighted by Gasteiger charge is -2.23. The molecule has 21 heavy (non-hydrogen) atoms. The van der Waals surface area contributed by atoms with Crippen molar-refractivity contribution in [1.82, 2.24) is 0 Å². The van der Waals surface area contributed by atoms with E-state index in [-0.39, 0.29) is 11.9 Å². The molecule has 1 amide bonds. The second kappa shape index (κ2) is 7.04. The van der Waals surface area contributed by atoms with Crippen molar-refractivity contribution in [3.05, 3.63) is 65.7 Å². The second-order valence-electron chi connectivity index (χ2n) is 5.19. The monoisotopic (exact) mass is 282 g/mol. The fourth-order valence-corrected chi connectivity index (χ4v) is 2.34. The normalized spacial score (nSPS) is 12.0. The molecule has 0 aliphatic heterocycles. The van der Waals surface area contributed by atoms with E-state index in [1.54, 1.807) is 4.90 Å². The predicted molar refractivity (Wildman–Crippen MR) is 87.2 cm³/mol. The fourth-order valence-electron chi connectivity index (χ4n) is 2.34. The largest absolute Gasteiger partial charge is 0.324 e. The Balaban J connectivity index is 2.08. The van der Waals surface area contributed by atoms with Crippen LogP contribution in [0.1, 0.15) is 30.5 Å². The third kappa shape index (κ3) is 3.92. The second-order valence-corrected chi connectivity index (χ2v) is 5.19. The van der Waals surface area contributed by atoms with Gasteiger partial charge in [-0.2, -0.15) is 0 Å². The van der Waals surface area contributed by atoms with Crippen molar-refractivity contribution in [1.29, 1.82) is 0 Å². The molecular formula is C18H22N2O. The van der Waals surface area contributed by atoms with E-state index in [1.165, 1.54) is 5.56 Å². The van der Waals surface area contributed by atoms with Crippen molar-refractivity contribution in [2.75, 3.05) is 11.4 Å². The van der Waals surface area contributed by atoms with Crippen LogP contribution in [-0.2, 0) is 4.79 Å². The molecule has 110 valence electrons. The van der Waals surface area contributed by atoms with Crippen LogP contribution < -0.4 is 10.6 Å². The van der Waals surface area contributed by atoms with Crippen LogP contribution in [0, 0.1) is 6.92 Å². The summed E-state index contributed by atoms with van der Waals surface area (Å²) in [5.41, 5.74) is 9.24. The van der Waals surface area contributed by atoms with E-state index in [2.05, 4.69) is 0 Å². The van der Waals surface area contributed by atoms with Crippen LogP contribution in [0.25, 0.3) is 0 Å². The van der Waals surface area contributed by atoms with Gasteiger partial charge >= 0.3 is 0 Å². The van der Waals surface area contributed by atoms with E-state index in [0.29, 0.717) is 13.0 Å². The van der Waals surface area contributed by atoms with Gasteiger partial charge in [0.05, 0.1) is 0 Å². The summed E-state index contributed by atoms with van der Waals surface area (Å²) < 4.78 is 0. The minimum atomic E-state index is -0.266. The van der Waals surface area contributed by atoms with Crippen LogP contribution in [0.4, 0.5) is 5.69 Å². The highest BCUT2D eigenvalue weighted by molar-refractivity contribution is 5.93. The lowest BCUT2D eigenvalue weighted by Crippen LogP contribution is -2.33. The Morgan fingerprint density at radius 3 is 2.29 bits per heavy atom. The molecule has 3 nitrogen and oxygen atoms in total. The molecule has 0 bridgehead atoms. The van der Waals surface area contributed by atoms with Crippen molar-refractivity contribution in [3.63, 3.8) is 0 Å². The summed E-state index contributed by atoms with van der Waals surface area (Å²) in [6.45, 7) is 4.66. The molecule has 0 aromatic heterocycles. The number of hydrogen-bond acceptors (Lipinski definition) is 2. The van der Waals surface area contributed by atoms with Gasteiger partial charge in [-0.05, 0) is 31.5 Å². The number of aryl methyl sites for hydroxylation is 1. The van der Waals surface area contributed by atoms with E-state index in [4.69, 9.17) is 5.73 Å². The fraction of sp³-hybridized carbons (Fsp3) is 0.278. The van der Waals surface area contributed by atoms with Crippen LogP contribution in [-0.4, -0.2) is 12.5 Å². The summed E-state index contributed by atoms with van der Waals surface area (Å²) in [5.74, 6) is 0.0534. The summed E-state index contributed by atoms with van der Waals surface area (Å²) >= 11 is 0. The first kappa shape index (κ1) is 15.3. The Morgan fingerprint density at radius 1 is 1.10 bits per heavy atom. The molecule has 2 rings (SSSR count). The van der Waals surface area contributed by atoms with E-state index < -0.39 is 0 Å². The van der Waals surface area contributed by atoms with Crippen molar-refractivity contribution in [3.8, 4) is 0 Å². The van der Waals surface area contributed by atoms with Crippen LogP contribution in [0.5, 0.6) is 0 Å². The predicted octanol–water partition coefficient (Wildman–Crippen LogP) is 3.44. The molecule has 0 aliphatic carbocycles. The van der Waals surface area contributed by atoms with Gasteiger partial charge in [-0.1, -0.05) is 48.0 Å². The molecule has 3 heteroatoms. The summed E-state index contributed by atoms with van der Waals surface area (Å²) in [5, 5.41) is 0. The van der Waals surface area contributed by atoms with E-state index in [9.17, 15) is 4.79 Å². The molecule has 2 aromatic carbocycles. The number of benzene rings is 2. The van der Waals surface area contributed by atoms with Crippen molar-refractivity contribution in [2.45, 2.75) is 26.3 Å². The maximum atomic E-state index is 12.5. The Labute approximate surface area is 126 Å². The topological polar surface area (TPSA) is 46.3 Å². The molecule has 0 heterocycles. The molecule has 0 fully saturated rings. The van der Waals surface area contributed by atoms with Gasteiger partial charge in [0, 0.05) is 24.7 Å². The Morgan fingerprint density at radius 2 is 1.71 bits per heavy atom. The highest BCUT2D eigenvalue weighted by Gasteiger charge is 2.18. The number of hydrogen-bond donors (Lipinski definition) is 1. The number of carbonyl (C=O) groups excluding carboxylic acids is 1. The Hall–Kier alpha value is -2.13. The van der Waals surface area contributed by atoms with Gasteiger partial charge in [-0.15, -0.1) is 0 Å². The van der Waals surface area contributed by atoms with E-state index >= 15 is 0 Å². The Bertz CT molecular complexity index is 578. The van der Waals surface area contributed by atoms with Gasteiger partial charge < -0.3 is 10.6 Å². The lowest BCUT2D eigenvalue weighted by molar-refractivity contribution is -0.118. The van der Waals surface area contributed by atoms with Gasteiger partial charge in [0.15, 0.2) is 0 Å². The number of carbonyl (C=O) groups is 1. The SMILES string of the molecule is CCN(C(=O)CC(N)c1ccccc1)c1ccc(C)cc1. The third-order valence-electron chi connectivity index (χ3n) is 3.59. The van der Waals surface area contributed by atoms with Gasteiger partial charge in [-0.3, -0.25) is 4.79 Å². The minimum absolute atomic E-state index is 0.0534. The van der Waals surface area contributed by atoms with Crippen molar-refractivity contribution < 1.29 is 4.79 Å². The minimum Gasteiger partial charge on any atom is -0.324 e. The quantitative estimate of drug-likeness (QED) is 0.913. The van der Waals surface area contributed by atoms with Gasteiger partial charge in [0.25, 0.3) is 0 Å². The smallest absolute Gasteiger partial charge is 0.228 e. The average molecular weight is 282 g/mol. The molecule has 1 unspecified atom stereocenters. The highest BCUT2D eigenvalue weighted by atomic mass is 16.2. The van der Waals surface area contributed by atoms with Gasteiger partial charge in [0.2, 0.25) is 5.91 Å². The number of anilines is 1. The lowest BCUT2D eigenvalue weighted by atomic mass is 10.0. The molecule has 0 spiro atoms. The number of rotatable bonds is 5. The molecule has 2 N–H and O–H groups in total. The van der Waals surface area contributed by atoms with E-state index in [0.717, 1.165) is 11.3 Å². The van der Waals surface area contributed by atoms with Gasteiger partial charge in [0.1, 0.15) is 0 Å². The number of nitrogens with two attached hydrogens (primary N) is 1. The average Bonchev–Trinajstić information content (AvgIpc) is 2.50. The number of nitrogens with zero attached hydrogens (tertiary/aromatic N) is 1. The molecule has 2 aromatic rings. The molecule has 0 saturated heterocycles. The standard InChI is InChI=1S/C18H22N2O/c1-3-20(16-11-9-14(2)10-12-16)18(21)13-17(19)15-7-5-4-6-8-15/h4-12,17H,3,13,19H2,1-2H3. The maximum Gasteiger partial charge on any atom is 0.228 e. The molecular weight excluding hydrogens is 260 g/mol. The van der Waals surface area contributed by atoms with E-state index in [1.807, 2.05) is 68.4 Å². The first-order valence-corrected chi connectivity index (χ1v) is 7.29. The zero-order chi connectivity index (χ0) is 15.2. The van der Waals surface area contributed by atoms with Crippen molar-refractivity contribution >= 4 is 11.6 Å². The van der Waals surface area contributed by atoms with Crippen LogP contribution >= 0.6 is 0 Å². The van der Waals surface area contributed by atoms with Crippen molar-refractivity contribution in [2.24, 2.45) is 5.73 Å².